The van der Waals surface area contributed by atoms with Crippen molar-refractivity contribution in [2.45, 2.75) is 33.1 Å². The van der Waals surface area contributed by atoms with E-state index in [1.807, 2.05) is 49.4 Å². The van der Waals surface area contributed by atoms with Crippen LogP contribution in [0.4, 0.5) is 5.82 Å². The third kappa shape index (κ3) is 3.54. The van der Waals surface area contributed by atoms with Crippen LogP contribution >= 0.6 is 11.6 Å². The summed E-state index contributed by atoms with van der Waals surface area (Å²) in [5.41, 5.74) is 6.50. The van der Waals surface area contributed by atoms with Crippen molar-refractivity contribution in [2.75, 3.05) is 11.9 Å². The van der Waals surface area contributed by atoms with Crippen molar-refractivity contribution < 1.29 is 0 Å². The quantitative estimate of drug-likeness (QED) is 0.395. The number of fused-ring (bicyclic) bond motifs is 3. The second kappa shape index (κ2) is 8.14. The standard InChI is InChI=1S/C24H23ClN4/c1-3-4-13-27-23-19(14-17-9-11-18(25)12-10-17)16(2)20(15-26)24-28-21-7-5-6-8-22(21)29(23)24/h5-12,27H,3-4,13-14H2,1-2H3. The molecule has 4 aromatic rings. The second-order valence-corrected chi connectivity index (χ2v) is 7.72. The van der Waals surface area contributed by atoms with Gasteiger partial charge in [0.15, 0.2) is 5.65 Å². The Morgan fingerprint density at radius 3 is 2.62 bits per heavy atom. The topological polar surface area (TPSA) is 53.1 Å². The molecule has 2 aromatic carbocycles. The Kier molecular flexibility index (Phi) is 5.42. The van der Waals surface area contributed by atoms with Gasteiger partial charge in [-0.3, -0.25) is 4.40 Å². The van der Waals surface area contributed by atoms with E-state index in [1.165, 1.54) is 0 Å². The number of nitrogens with zero attached hydrogens (tertiary/aromatic N) is 3. The number of nitrogens with one attached hydrogen (secondary N) is 1. The van der Waals surface area contributed by atoms with E-state index in [0.29, 0.717) is 17.6 Å². The van der Waals surface area contributed by atoms with Gasteiger partial charge in [0.2, 0.25) is 0 Å². The van der Waals surface area contributed by atoms with Crippen LogP contribution in [0, 0.1) is 18.3 Å². The van der Waals surface area contributed by atoms with E-state index < -0.39 is 0 Å². The zero-order valence-corrected chi connectivity index (χ0v) is 17.4. The number of para-hydroxylation sites is 2. The molecule has 4 rings (SSSR count). The molecule has 0 atom stereocenters. The Morgan fingerprint density at radius 2 is 1.90 bits per heavy atom. The summed E-state index contributed by atoms with van der Waals surface area (Å²) in [4.78, 5) is 4.78. The Morgan fingerprint density at radius 1 is 1.14 bits per heavy atom. The molecule has 0 aliphatic rings. The predicted molar refractivity (Wildman–Crippen MR) is 120 cm³/mol. The summed E-state index contributed by atoms with van der Waals surface area (Å²) in [6.07, 6.45) is 2.91. The first-order chi connectivity index (χ1) is 14.1. The molecular formula is C24H23ClN4. The highest BCUT2D eigenvalue weighted by Gasteiger charge is 2.20. The molecule has 5 heteroatoms. The molecule has 0 bridgehead atoms. The molecule has 0 spiro atoms. The molecule has 4 nitrogen and oxygen atoms in total. The molecule has 1 N–H and O–H groups in total. The molecule has 0 aliphatic heterocycles. The molecule has 0 fully saturated rings. The number of nitriles is 1. The molecular weight excluding hydrogens is 380 g/mol. The lowest BCUT2D eigenvalue weighted by molar-refractivity contribution is 0.827. The Balaban J connectivity index is 1.99. The van der Waals surface area contributed by atoms with Gasteiger partial charge in [-0.15, -0.1) is 0 Å². The first kappa shape index (κ1) is 19.3. The summed E-state index contributed by atoms with van der Waals surface area (Å²) in [5, 5.41) is 14.3. The summed E-state index contributed by atoms with van der Waals surface area (Å²) in [7, 11) is 0. The van der Waals surface area contributed by atoms with E-state index in [1.54, 1.807) is 0 Å². The van der Waals surface area contributed by atoms with Crippen LogP contribution in [0.15, 0.2) is 48.5 Å². The number of pyridine rings is 1. The van der Waals surface area contributed by atoms with Crippen molar-refractivity contribution >= 4 is 34.1 Å². The van der Waals surface area contributed by atoms with Gasteiger partial charge in [0.25, 0.3) is 0 Å². The smallest absolute Gasteiger partial charge is 0.157 e. The van der Waals surface area contributed by atoms with Gasteiger partial charge < -0.3 is 5.32 Å². The zero-order valence-electron chi connectivity index (χ0n) is 16.7. The van der Waals surface area contributed by atoms with Crippen LogP contribution < -0.4 is 5.32 Å². The molecule has 0 saturated carbocycles. The third-order valence-electron chi connectivity index (χ3n) is 5.35. The first-order valence-corrected chi connectivity index (χ1v) is 10.3. The van der Waals surface area contributed by atoms with Gasteiger partial charge in [0, 0.05) is 23.6 Å². The maximum Gasteiger partial charge on any atom is 0.157 e. The largest absolute Gasteiger partial charge is 0.371 e. The highest BCUT2D eigenvalue weighted by Crippen LogP contribution is 2.32. The number of imidazole rings is 1. The summed E-state index contributed by atoms with van der Waals surface area (Å²) in [5.74, 6) is 1.02. The van der Waals surface area contributed by atoms with Crippen LogP contribution in [0.3, 0.4) is 0 Å². The van der Waals surface area contributed by atoms with Gasteiger partial charge in [-0.2, -0.15) is 5.26 Å². The minimum atomic E-state index is 0.631. The lowest BCUT2D eigenvalue weighted by atomic mass is 9.97. The molecule has 146 valence electrons. The Bertz CT molecular complexity index is 1220. The van der Waals surface area contributed by atoms with Crippen molar-refractivity contribution in [3.63, 3.8) is 0 Å². The SMILES string of the molecule is CCCCNc1c(Cc2ccc(Cl)cc2)c(C)c(C#N)c2nc3ccccc3n12. The van der Waals surface area contributed by atoms with E-state index in [2.05, 4.69) is 28.8 Å². The van der Waals surface area contributed by atoms with Crippen molar-refractivity contribution in [3.8, 4) is 6.07 Å². The number of unbranched alkanes of at least 4 members (excludes halogenated alkanes) is 1. The lowest BCUT2D eigenvalue weighted by Crippen LogP contribution is -2.12. The Labute approximate surface area is 175 Å². The number of anilines is 1. The van der Waals surface area contributed by atoms with Crippen LogP contribution in [0.5, 0.6) is 0 Å². The van der Waals surface area contributed by atoms with Gasteiger partial charge in [0.05, 0.1) is 16.6 Å². The van der Waals surface area contributed by atoms with Crippen LogP contribution in [0.25, 0.3) is 16.7 Å². The fourth-order valence-electron chi connectivity index (χ4n) is 3.78. The number of benzene rings is 2. The molecule has 0 amide bonds. The zero-order chi connectivity index (χ0) is 20.4. The van der Waals surface area contributed by atoms with Crippen LogP contribution in [-0.4, -0.2) is 15.9 Å². The number of aromatic nitrogens is 2. The van der Waals surface area contributed by atoms with E-state index in [9.17, 15) is 5.26 Å². The summed E-state index contributed by atoms with van der Waals surface area (Å²) < 4.78 is 2.11. The van der Waals surface area contributed by atoms with Crippen LogP contribution in [-0.2, 0) is 6.42 Å². The number of rotatable bonds is 6. The Hall–Kier alpha value is -3.03. The average Bonchev–Trinajstić information content (AvgIpc) is 3.11. The first-order valence-electron chi connectivity index (χ1n) is 9.95. The molecule has 2 heterocycles. The van der Waals surface area contributed by atoms with Crippen molar-refractivity contribution in [2.24, 2.45) is 0 Å². The third-order valence-corrected chi connectivity index (χ3v) is 5.60. The van der Waals surface area contributed by atoms with Gasteiger partial charge in [-0.25, -0.2) is 4.98 Å². The van der Waals surface area contributed by atoms with Gasteiger partial charge in [-0.1, -0.05) is 49.2 Å². The molecule has 2 aromatic heterocycles. The lowest BCUT2D eigenvalue weighted by Gasteiger charge is -2.19. The van der Waals surface area contributed by atoms with Gasteiger partial charge >= 0.3 is 0 Å². The van der Waals surface area contributed by atoms with Crippen molar-refractivity contribution in [3.05, 3.63) is 75.8 Å². The summed E-state index contributed by atoms with van der Waals surface area (Å²) >= 11 is 6.07. The molecule has 0 aliphatic carbocycles. The maximum atomic E-state index is 9.93. The van der Waals surface area contributed by atoms with Crippen molar-refractivity contribution in [1.29, 1.82) is 5.26 Å². The second-order valence-electron chi connectivity index (χ2n) is 7.28. The van der Waals surface area contributed by atoms with E-state index in [4.69, 9.17) is 16.6 Å². The summed E-state index contributed by atoms with van der Waals surface area (Å²) in [6, 6.07) is 18.3. The minimum Gasteiger partial charge on any atom is -0.371 e. The maximum absolute atomic E-state index is 9.93. The predicted octanol–water partition coefficient (Wildman–Crippen LogP) is 6.12. The molecule has 0 radical (unpaired) electrons. The normalized spacial score (nSPS) is 11.1. The fourth-order valence-corrected chi connectivity index (χ4v) is 3.90. The number of hydrogen-bond donors (Lipinski definition) is 1. The molecule has 0 unspecified atom stereocenters. The van der Waals surface area contributed by atoms with Crippen LogP contribution in [0.2, 0.25) is 5.02 Å². The average molecular weight is 403 g/mol. The van der Waals surface area contributed by atoms with E-state index in [0.717, 1.165) is 58.0 Å². The van der Waals surface area contributed by atoms with Crippen LogP contribution in [0.1, 0.15) is 42.0 Å². The van der Waals surface area contributed by atoms with E-state index >= 15 is 0 Å². The highest BCUT2D eigenvalue weighted by molar-refractivity contribution is 6.30. The van der Waals surface area contributed by atoms with Gasteiger partial charge in [-0.05, 0) is 48.7 Å². The number of halogens is 1. The molecule has 29 heavy (non-hydrogen) atoms. The van der Waals surface area contributed by atoms with Crippen molar-refractivity contribution in [1.82, 2.24) is 9.38 Å². The van der Waals surface area contributed by atoms with Gasteiger partial charge in [0.1, 0.15) is 11.9 Å². The summed E-state index contributed by atoms with van der Waals surface area (Å²) in [6.45, 7) is 5.08. The fraction of sp³-hybridized carbons (Fsp3) is 0.250. The highest BCUT2D eigenvalue weighted by atomic mass is 35.5. The van der Waals surface area contributed by atoms with E-state index in [-0.39, 0.29) is 0 Å². The number of hydrogen-bond acceptors (Lipinski definition) is 3. The minimum absolute atomic E-state index is 0.631. The monoisotopic (exact) mass is 402 g/mol. The molecule has 0 saturated heterocycles.